The number of aromatic nitrogens is 1. The zero-order valence-corrected chi connectivity index (χ0v) is 11.1. The fraction of sp³-hybridized carbons (Fsp3) is 0.571. The minimum atomic E-state index is 0.0466. The highest BCUT2D eigenvalue weighted by molar-refractivity contribution is 5.76. The van der Waals surface area contributed by atoms with Crippen LogP contribution in [-0.2, 0) is 4.79 Å². The highest BCUT2D eigenvalue weighted by atomic mass is 16.3. The number of rotatable bonds is 5. The average Bonchev–Trinajstić information content (AvgIpc) is 2.47. The topological polar surface area (TPSA) is 65.5 Å². The van der Waals surface area contributed by atoms with Gasteiger partial charge in [0.15, 0.2) is 0 Å². The van der Waals surface area contributed by atoms with E-state index in [1.807, 2.05) is 18.2 Å². The van der Waals surface area contributed by atoms with Gasteiger partial charge in [-0.3, -0.25) is 4.79 Å². The summed E-state index contributed by atoms with van der Waals surface area (Å²) in [5, 5.41) is 11.7. The van der Waals surface area contributed by atoms with Crippen molar-refractivity contribution in [3.05, 3.63) is 24.4 Å². The van der Waals surface area contributed by atoms with Crippen LogP contribution in [-0.4, -0.2) is 41.7 Å². The van der Waals surface area contributed by atoms with Crippen LogP contribution < -0.4 is 10.2 Å². The fourth-order valence-corrected chi connectivity index (χ4v) is 2.33. The molecule has 0 saturated carbocycles. The van der Waals surface area contributed by atoms with E-state index in [0.717, 1.165) is 31.7 Å². The van der Waals surface area contributed by atoms with E-state index in [9.17, 15) is 4.79 Å². The van der Waals surface area contributed by atoms with Crippen LogP contribution in [0.3, 0.4) is 0 Å². The van der Waals surface area contributed by atoms with Gasteiger partial charge in [0, 0.05) is 38.4 Å². The fourth-order valence-electron chi connectivity index (χ4n) is 2.33. The number of carbonyl (C=O) groups excluding carboxylic acids is 1. The Labute approximate surface area is 113 Å². The summed E-state index contributed by atoms with van der Waals surface area (Å²) in [6, 6.07) is 6.18. The number of piperidine rings is 1. The summed E-state index contributed by atoms with van der Waals surface area (Å²) >= 11 is 0. The zero-order valence-electron chi connectivity index (χ0n) is 11.1. The second-order valence-electron chi connectivity index (χ2n) is 4.84. The van der Waals surface area contributed by atoms with Crippen LogP contribution in [0.15, 0.2) is 24.4 Å². The SMILES string of the molecule is O=C(CCCO)NC1CCN(c2ccccn2)CC1. The number of amides is 1. The molecule has 0 bridgehead atoms. The van der Waals surface area contributed by atoms with Crippen LogP contribution in [0.5, 0.6) is 0 Å². The van der Waals surface area contributed by atoms with Gasteiger partial charge in [0.25, 0.3) is 0 Å². The van der Waals surface area contributed by atoms with Crippen molar-refractivity contribution in [3.8, 4) is 0 Å². The third kappa shape index (κ3) is 4.21. The second kappa shape index (κ2) is 7.09. The van der Waals surface area contributed by atoms with E-state index in [-0.39, 0.29) is 18.6 Å². The number of nitrogens with one attached hydrogen (secondary N) is 1. The molecule has 5 nitrogen and oxygen atoms in total. The number of aliphatic hydroxyl groups excluding tert-OH is 1. The Hall–Kier alpha value is -1.62. The quantitative estimate of drug-likeness (QED) is 0.830. The number of nitrogens with zero attached hydrogens (tertiary/aromatic N) is 2. The summed E-state index contributed by atoms with van der Waals surface area (Å²) < 4.78 is 0. The first kappa shape index (κ1) is 13.8. The van der Waals surface area contributed by atoms with E-state index in [2.05, 4.69) is 15.2 Å². The van der Waals surface area contributed by atoms with Crippen LogP contribution in [0.2, 0.25) is 0 Å². The molecular weight excluding hydrogens is 242 g/mol. The standard InChI is InChI=1S/C14H21N3O2/c18-11-3-5-14(19)16-12-6-9-17(10-7-12)13-4-1-2-8-15-13/h1-2,4,8,12,18H,3,5-7,9-11H2,(H,16,19). The first-order chi connectivity index (χ1) is 9.29. The molecule has 0 spiro atoms. The van der Waals surface area contributed by atoms with Crippen molar-refractivity contribution >= 4 is 11.7 Å². The van der Waals surface area contributed by atoms with Crippen molar-refractivity contribution in [3.63, 3.8) is 0 Å². The maximum atomic E-state index is 11.6. The predicted octanol–water partition coefficient (Wildman–Crippen LogP) is 0.939. The molecule has 0 atom stereocenters. The summed E-state index contributed by atoms with van der Waals surface area (Å²) in [5.41, 5.74) is 0. The maximum absolute atomic E-state index is 11.6. The Morgan fingerprint density at radius 1 is 1.42 bits per heavy atom. The molecule has 1 aromatic heterocycles. The van der Waals surface area contributed by atoms with Gasteiger partial charge < -0.3 is 15.3 Å². The number of carbonyl (C=O) groups is 1. The average molecular weight is 263 g/mol. The van der Waals surface area contributed by atoms with Gasteiger partial charge in [0.2, 0.25) is 5.91 Å². The zero-order chi connectivity index (χ0) is 13.5. The van der Waals surface area contributed by atoms with Crippen LogP contribution in [0.1, 0.15) is 25.7 Å². The summed E-state index contributed by atoms with van der Waals surface area (Å²) in [6.45, 7) is 1.91. The summed E-state index contributed by atoms with van der Waals surface area (Å²) in [5.74, 6) is 1.05. The first-order valence-electron chi connectivity index (χ1n) is 6.86. The molecule has 0 aliphatic carbocycles. The Balaban J connectivity index is 1.75. The highest BCUT2D eigenvalue weighted by Gasteiger charge is 2.20. The summed E-state index contributed by atoms with van der Waals surface area (Å²) in [4.78, 5) is 18.2. The van der Waals surface area contributed by atoms with Crippen molar-refractivity contribution in [2.75, 3.05) is 24.6 Å². The van der Waals surface area contributed by atoms with Crippen molar-refractivity contribution in [2.45, 2.75) is 31.7 Å². The molecule has 0 aromatic carbocycles. The lowest BCUT2D eigenvalue weighted by Crippen LogP contribution is -2.44. The lowest BCUT2D eigenvalue weighted by molar-refractivity contribution is -0.122. The van der Waals surface area contributed by atoms with Crippen molar-refractivity contribution < 1.29 is 9.90 Å². The number of hydrogen-bond acceptors (Lipinski definition) is 4. The van der Waals surface area contributed by atoms with Gasteiger partial charge in [-0.1, -0.05) is 6.07 Å². The van der Waals surface area contributed by atoms with Crippen LogP contribution >= 0.6 is 0 Å². The molecular formula is C14H21N3O2. The van der Waals surface area contributed by atoms with Gasteiger partial charge in [0.05, 0.1) is 0 Å². The Bertz CT molecular complexity index is 389. The van der Waals surface area contributed by atoms with Gasteiger partial charge in [-0.05, 0) is 31.4 Å². The van der Waals surface area contributed by atoms with Crippen molar-refractivity contribution in [2.24, 2.45) is 0 Å². The molecule has 1 amide bonds. The van der Waals surface area contributed by atoms with Gasteiger partial charge in [-0.2, -0.15) is 0 Å². The third-order valence-electron chi connectivity index (χ3n) is 3.40. The number of hydrogen-bond donors (Lipinski definition) is 2. The molecule has 19 heavy (non-hydrogen) atoms. The molecule has 104 valence electrons. The van der Waals surface area contributed by atoms with E-state index in [1.165, 1.54) is 0 Å². The normalized spacial score (nSPS) is 16.4. The van der Waals surface area contributed by atoms with E-state index in [0.29, 0.717) is 12.8 Å². The number of pyridine rings is 1. The minimum Gasteiger partial charge on any atom is -0.396 e. The van der Waals surface area contributed by atoms with E-state index < -0.39 is 0 Å². The first-order valence-corrected chi connectivity index (χ1v) is 6.86. The van der Waals surface area contributed by atoms with Gasteiger partial charge in [-0.25, -0.2) is 4.98 Å². The van der Waals surface area contributed by atoms with Crippen LogP contribution in [0.25, 0.3) is 0 Å². The Morgan fingerprint density at radius 2 is 2.21 bits per heavy atom. The minimum absolute atomic E-state index is 0.0466. The molecule has 1 aliphatic rings. The smallest absolute Gasteiger partial charge is 0.220 e. The molecule has 1 saturated heterocycles. The summed E-state index contributed by atoms with van der Waals surface area (Å²) in [7, 11) is 0. The van der Waals surface area contributed by atoms with Gasteiger partial charge >= 0.3 is 0 Å². The van der Waals surface area contributed by atoms with E-state index in [1.54, 1.807) is 6.20 Å². The third-order valence-corrected chi connectivity index (χ3v) is 3.40. The second-order valence-corrected chi connectivity index (χ2v) is 4.84. The monoisotopic (exact) mass is 263 g/mol. The lowest BCUT2D eigenvalue weighted by Gasteiger charge is -2.33. The molecule has 2 N–H and O–H groups in total. The molecule has 5 heteroatoms. The van der Waals surface area contributed by atoms with Crippen molar-refractivity contribution in [1.29, 1.82) is 0 Å². The van der Waals surface area contributed by atoms with E-state index in [4.69, 9.17) is 5.11 Å². The molecule has 1 aromatic rings. The molecule has 2 rings (SSSR count). The highest BCUT2D eigenvalue weighted by Crippen LogP contribution is 2.17. The van der Waals surface area contributed by atoms with E-state index >= 15 is 0 Å². The van der Waals surface area contributed by atoms with Crippen molar-refractivity contribution in [1.82, 2.24) is 10.3 Å². The number of anilines is 1. The molecule has 1 fully saturated rings. The summed E-state index contributed by atoms with van der Waals surface area (Å²) in [6.07, 6.45) is 4.65. The Morgan fingerprint density at radius 3 is 2.84 bits per heavy atom. The molecule has 1 aliphatic heterocycles. The maximum Gasteiger partial charge on any atom is 0.220 e. The van der Waals surface area contributed by atoms with Gasteiger partial charge in [-0.15, -0.1) is 0 Å². The van der Waals surface area contributed by atoms with Crippen LogP contribution in [0, 0.1) is 0 Å². The number of aliphatic hydroxyl groups is 1. The Kier molecular flexibility index (Phi) is 5.15. The predicted molar refractivity (Wildman–Crippen MR) is 73.9 cm³/mol. The largest absolute Gasteiger partial charge is 0.396 e. The lowest BCUT2D eigenvalue weighted by atomic mass is 10.0. The molecule has 0 unspecified atom stereocenters. The van der Waals surface area contributed by atoms with Crippen LogP contribution in [0.4, 0.5) is 5.82 Å². The molecule has 2 heterocycles. The molecule has 0 radical (unpaired) electrons. The van der Waals surface area contributed by atoms with Gasteiger partial charge in [0.1, 0.15) is 5.82 Å².